The minimum Gasteiger partial charge on any atom is -0.382 e. The molecular formula is C15H19FN2O2. The lowest BCUT2D eigenvalue weighted by molar-refractivity contribution is 0.0549. The number of hydrogen-bond acceptors (Lipinski definition) is 4. The van der Waals surface area contributed by atoms with E-state index >= 15 is 0 Å². The Morgan fingerprint density at radius 3 is 3.00 bits per heavy atom. The third kappa shape index (κ3) is 3.69. The topological polar surface area (TPSA) is 45.5 Å². The lowest BCUT2D eigenvalue weighted by atomic mass is 10.1. The van der Waals surface area contributed by atoms with Gasteiger partial charge in [-0.05, 0) is 24.6 Å². The maximum atomic E-state index is 13.9. The average Bonchev–Trinajstić information content (AvgIpc) is 2.92. The third-order valence-electron chi connectivity index (χ3n) is 3.49. The van der Waals surface area contributed by atoms with Gasteiger partial charge in [-0.25, -0.2) is 4.39 Å². The van der Waals surface area contributed by atoms with Gasteiger partial charge in [-0.15, -0.1) is 0 Å². The standard InChI is InChI=1S/C15H19FN2O2/c1-19-6-7-20-11-13-4-5-18(10-13)15-3-2-12(9-17)8-14(15)16/h2-3,8,13H,4-7,10-11H2,1H3. The number of rotatable bonds is 6. The van der Waals surface area contributed by atoms with Crippen LogP contribution in [0.15, 0.2) is 18.2 Å². The van der Waals surface area contributed by atoms with Crippen molar-refractivity contribution in [3.05, 3.63) is 29.6 Å². The summed E-state index contributed by atoms with van der Waals surface area (Å²) >= 11 is 0. The minimum absolute atomic E-state index is 0.329. The first-order valence-corrected chi connectivity index (χ1v) is 6.76. The summed E-state index contributed by atoms with van der Waals surface area (Å²) in [5.41, 5.74) is 0.924. The average molecular weight is 278 g/mol. The van der Waals surface area contributed by atoms with Crippen LogP contribution in [-0.2, 0) is 9.47 Å². The first-order chi connectivity index (χ1) is 9.74. The predicted octanol–water partition coefficient (Wildman–Crippen LogP) is 2.19. The van der Waals surface area contributed by atoms with Crippen molar-refractivity contribution in [1.82, 2.24) is 0 Å². The Balaban J connectivity index is 1.88. The van der Waals surface area contributed by atoms with E-state index in [1.807, 2.05) is 11.0 Å². The van der Waals surface area contributed by atoms with Crippen LogP contribution in [-0.4, -0.2) is 40.0 Å². The summed E-state index contributed by atoms with van der Waals surface area (Å²) in [6.45, 7) is 3.48. The zero-order chi connectivity index (χ0) is 14.4. The van der Waals surface area contributed by atoms with Gasteiger partial charge in [-0.3, -0.25) is 0 Å². The van der Waals surface area contributed by atoms with Crippen molar-refractivity contribution in [1.29, 1.82) is 5.26 Å². The summed E-state index contributed by atoms with van der Waals surface area (Å²) < 4.78 is 24.4. The van der Waals surface area contributed by atoms with Crippen LogP contribution in [0.2, 0.25) is 0 Å². The van der Waals surface area contributed by atoms with Crippen LogP contribution >= 0.6 is 0 Å². The van der Waals surface area contributed by atoms with Crippen LogP contribution in [0.1, 0.15) is 12.0 Å². The van der Waals surface area contributed by atoms with E-state index in [0.717, 1.165) is 19.5 Å². The van der Waals surface area contributed by atoms with Crippen LogP contribution in [0.4, 0.5) is 10.1 Å². The first kappa shape index (κ1) is 14.8. The zero-order valence-electron chi connectivity index (χ0n) is 11.6. The summed E-state index contributed by atoms with van der Waals surface area (Å²) in [6.07, 6.45) is 0.992. The lowest BCUT2D eigenvalue weighted by Gasteiger charge is -2.19. The monoisotopic (exact) mass is 278 g/mol. The van der Waals surface area contributed by atoms with Crippen LogP contribution in [0, 0.1) is 23.1 Å². The van der Waals surface area contributed by atoms with Gasteiger partial charge in [0.25, 0.3) is 0 Å². The fourth-order valence-corrected chi connectivity index (χ4v) is 2.41. The molecule has 1 aromatic rings. The molecule has 0 amide bonds. The highest BCUT2D eigenvalue weighted by Gasteiger charge is 2.24. The Morgan fingerprint density at radius 2 is 2.30 bits per heavy atom. The molecule has 1 saturated heterocycles. The summed E-state index contributed by atoms with van der Waals surface area (Å²) in [7, 11) is 1.65. The van der Waals surface area contributed by atoms with Crippen LogP contribution in [0.25, 0.3) is 0 Å². The van der Waals surface area contributed by atoms with Crippen molar-refractivity contribution in [2.45, 2.75) is 6.42 Å². The Morgan fingerprint density at radius 1 is 1.45 bits per heavy atom. The molecule has 0 radical (unpaired) electrons. The molecule has 1 aromatic carbocycles. The molecule has 20 heavy (non-hydrogen) atoms. The van der Waals surface area contributed by atoms with Crippen molar-refractivity contribution in [2.24, 2.45) is 5.92 Å². The number of anilines is 1. The van der Waals surface area contributed by atoms with Gasteiger partial charge in [0.1, 0.15) is 5.82 Å². The lowest BCUT2D eigenvalue weighted by Crippen LogP contribution is -2.22. The molecule has 0 N–H and O–H groups in total. The van der Waals surface area contributed by atoms with Gasteiger partial charge in [0, 0.05) is 26.1 Å². The van der Waals surface area contributed by atoms with Crippen molar-refractivity contribution in [3.8, 4) is 6.07 Å². The highest BCUT2D eigenvalue weighted by Crippen LogP contribution is 2.27. The Bertz CT molecular complexity index is 487. The molecule has 0 saturated carbocycles. The van der Waals surface area contributed by atoms with Gasteiger partial charge in [0.2, 0.25) is 0 Å². The molecular weight excluding hydrogens is 259 g/mol. The number of benzene rings is 1. The second-order valence-corrected chi connectivity index (χ2v) is 4.95. The van der Waals surface area contributed by atoms with E-state index in [4.69, 9.17) is 14.7 Å². The SMILES string of the molecule is COCCOCC1CCN(c2ccc(C#N)cc2F)C1. The van der Waals surface area contributed by atoms with E-state index in [0.29, 0.717) is 37.0 Å². The van der Waals surface area contributed by atoms with Crippen LogP contribution in [0.3, 0.4) is 0 Å². The molecule has 1 aliphatic rings. The number of ether oxygens (including phenoxy) is 2. The summed E-state index contributed by atoms with van der Waals surface area (Å²) in [6, 6.07) is 6.57. The molecule has 0 aliphatic carbocycles. The fraction of sp³-hybridized carbons (Fsp3) is 0.533. The van der Waals surface area contributed by atoms with Gasteiger partial charge in [-0.2, -0.15) is 5.26 Å². The largest absolute Gasteiger partial charge is 0.382 e. The van der Waals surface area contributed by atoms with Gasteiger partial charge in [0.05, 0.1) is 37.1 Å². The molecule has 108 valence electrons. The second-order valence-electron chi connectivity index (χ2n) is 4.95. The Hall–Kier alpha value is -1.64. The first-order valence-electron chi connectivity index (χ1n) is 6.76. The molecule has 0 spiro atoms. The van der Waals surface area contributed by atoms with E-state index in [-0.39, 0.29) is 5.82 Å². The zero-order valence-corrected chi connectivity index (χ0v) is 11.6. The Kier molecular flexibility index (Phi) is 5.33. The van der Waals surface area contributed by atoms with Gasteiger partial charge in [0.15, 0.2) is 0 Å². The van der Waals surface area contributed by atoms with E-state index < -0.39 is 0 Å². The highest BCUT2D eigenvalue weighted by atomic mass is 19.1. The Labute approximate surface area is 118 Å². The highest BCUT2D eigenvalue weighted by molar-refractivity contribution is 5.51. The molecule has 1 atom stereocenters. The van der Waals surface area contributed by atoms with Crippen molar-refractivity contribution < 1.29 is 13.9 Å². The number of nitrogens with zero attached hydrogens (tertiary/aromatic N) is 2. The molecule has 1 unspecified atom stereocenters. The van der Waals surface area contributed by atoms with E-state index in [9.17, 15) is 4.39 Å². The van der Waals surface area contributed by atoms with Crippen LogP contribution in [0.5, 0.6) is 0 Å². The van der Waals surface area contributed by atoms with Crippen molar-refractivity contribution in [3.63, 3.8) is 0 Å². The maximum absolute atomic E-state index is 13.9. The van der Waals surface area contributed by atoms with Gasteiger partial charge in [-0.1, -0.05) is 0 Å². The molecule has 5 heteroatoms. The number of methoxy groups -OCH3 is 1. The number of halogens is 1. The fourth-order valence-electron chi connectivity index (χ4n) is 2.41. The predicted molar refractivity (Wildman–Crippen MR) is 74.1 cm³/mol. The molecule has 1 heterocycles. The summed E-state index contributed by atoms with van der Waals surface area (Å²) in [5.74, 6) is 0.0897. The molecule has 1 aliphatic heterocycles. The van der Waals surface area contributed by atoms with Gasteiger partial charge >= 0.3 is 0 Å². The minimum atomic E-state index is -0.329. The maximum Gasteiger partial charge on any atom is 0.147 e. The molecule has 0 aromatic heterocycles. The molecule has 2 rings (SSSR count). The molecule has 0 bridgehead atoms. The smallest absolute Gasteiger partial charge is 0.147 e. The van der Waals surface area contributed by atoms with Crippen molar-refractivity contribution >= 4 is 5.69 Å². The number of hydrogen-bond donors (Lipinski definition) is 0. The van der Waals surface area contributed by atoms with E-state index in [2.05, 4.69) is 0 Å². The quantitative estimate of drug-likeness (QED) is 0.748. The number of nitriles is 1. The van der Waals surface area contributed by atoms with E-state index in [1.54, 1.807) is 19.2 Å². The second kappa shape index (κ2) is 7.22. The van der Waals surface area contributed by atoms with Gasteiger partial charge < -0.3 is 14.4 Å². The molecule has 4 nitrogen and oxygen atoms in total. The molecule has 1 fully saturated rings. The normalized spacial score (nSPS) is 18.2. The van der Waals surface area contributed by atoms with Crippen molar-refractivity contribution in [2.75, 3.05) is 44.9 Å². The summed E-state index contributed by atoms with van der Waals surface area (Å²) in [5, 5.41) is 8.74. The third-order valence-corrected chi connectivity index (χ3v) is 3.49. The van der Waals surface area contributed by atoms with Crippen LogP contribution < -0.4 is 4.90 Å². The summed E-state index contributed by atoms with van der Waals surface area (Å²) in [4.78, 5) is 2.01. The van der Waals surface area contributed by atoms with E-state index in [1.165, 1.54) is 6.07 Å².